The normalized spacial score (nSPS) is 20.2. The molecule has 1 fully saturated rings. The summed E-state index contributed by atoms with van der Waals surface area (Å²) in [5, 5.41) is 0. The quantitative estimate of drug-likeness (QED) is 0.774. The van der Waals surface area contributed by atoms with Gasteiger partial charge in [-0.05, 0) is 58.1 Å². The lowest BCUT2D eigenvalue weighted by Crippen LogP contribution is -2.45. The van der Waals surface area contributed by atoms with E-state index in [9.17, 15) is 4.79 Å². The monoisotopic (exact) mass is 284 g/mol. The number of likely N-dealkylation sites (tertiary alicyclic amines) is 1. The van der Waals surface area contributed by atoms with Crippen molar-refractivity contribution in [2.24, 2.45) is 4.99 Å². The summed E-state index contributed by atoms with van der Waals surface area (Å²) in [6.45, 7) is 10.2. The number of hydrogen-bond donors (Lipinski definition) is 0. The molecule has 3 rings (SSSR count). The minimum atomic E-state index is -0.291. The van der Waals surface area contributed by atoms with E-state index >= 15 is 0 Å². The lowest BCUT2D eigenvalue weighted by Gasteiger charge is -2.30. The van der Waals surface area contributed by atoms with Crippen molar-refractivity contribution in [3.63, 3.8) is 0 Å². The summed E-state index contributed by atoms with van der Waals surface area (Å²) in [4.78, 5) is 19.6. The fraction of sp³-hybridized carbons (Fsp3) is 0.556. The van der Waals surface area contributed by atoms with Crippen LogP contribution in [0.5, 0.6) is 0 Å². The number of piperidine rings is 1. The zero-order chi connectivity index (χ0) is 15.2. The summed E-state index contributed by atoms with van der Waals surface area (Å²) in [5.41, 5.74) is 5.03. The van der Waals surface area contributed by atoms with Crippen molar-refractivity contribution in [1.29, 1.82) is 0 Å². The zero-order valence-electron chi connectivity index (χ0n) is 13.5. The second-order valence-electron chi connectivity index (χ2n) is 6.92. The molecular formula is C18H24N2O. The summed E-state index contributed by atoms with van der Waals surface area (Å²) in [6.07, 6.45) is 3.47. The molecule has 2 aliphatic rings. The van der Waals surface area contributed by atoms with Crippen LogP contribution in [0, 0.1) is 13.8 Å². The summed E-state index contributed by atoms with van der Waals surface area (Å²) < 4.78 is 0. The van der Waals surface area contributed by atoms with Crippen molar-refractivity contribution in [3.8, 4) is 0 Å². The molecule has 1 amide bonds. The minimum absolute atomic E-state index is 0.132. The highest BCUT2D eigenvalue weighted by atomic mass is 16.2. The molecular weight excluding hydrogens is 260 g/mol. The molecule has 3 nitrogen and oxygen atoms in total. The van der Waals surface area contributed by atoms with Crippen LogP contribution in [0.25, 0.3) is 0 Å². The van der Waals surface area contributed by atoms with Gasteiger partial charge >= 0.3 is 0 Å². The van der Waals surface area contributed by atoms with E-state index in [2.05, 4.69) is 39.8 Å². The van der Waals surface area contributed by atoms with E-state index in [0.29, 0.717) is 5.71 Å². The Kier molecular flexibility index (Phi) is 3.39. The molecule has 0 atom stereocenters. The number of nitrogens with zero attached hydrogens (tertiary/aromatic N) is 2. The highest BCUT2D eigenvalue weighted by Crippen LogP contribution is 2.43. The maximum absolute atomic E-state index is 12.9. The van der Waals surface area contributed by atoms with E-state index < -0.39 is 0 Å². The van der Waals surface area contributed by atoms with Gasteiger partial charge in [-0.1, -0.05) is 17.7 Å². The van der Waals surface area contributed by atoms with Crippen molar-refractivity contribution < 1.29 is 4.79 Å². The largest absolute Gasteiger partial charge is 0.338 e. The fourth-order valence-electron chi connectivity index (χ4n) is 3.53. The van der Waals surface area contributed by atoms with Crippen LogP contribution in [0.15, 0.2) is 17.1 Å². The maximum Gasteiger partial charge on any atom is 0.269 e. The van der Waals surface area contributed by atoms with Gasteiger partial charge in [0, 0.05) is 18.5 Å². The second kappa shape index (κ2) is 4.97. The van der Waals surface area contributed by atoms with Gasteiger partial charge in [-0.3, -0.25) is 4.79 Å². The van der Waals surface area contributed by atoms with Crippen molar-refractivity contribution in [2.45, 2.75) is 52.4 Å². The molecule has 0 bridgehead atoms. The number of aliphatic imine (C=N–C) groups is 1. The molecule has 21 heavy (non-hydrogen) atoms. The molecule has 0 aliphatic carbocycles. The van der Waals surface area contributed by atoms with Gasteiger partial charge in [-0.25, -0.2) is 4.99 Å². The molecule has 0 unspecified atom stereocenters. The van der Waals surface area contributed by atoms with Crippen LogP contribution in [0.2, 0.25) is 0 Å². The Labute approximate surface area is 127 Å². The molecule has 0 spiro atoms. The van der Waals surface area contributed by atoms with E-state index in [0.717, 1.165) is 31.6 Å². The van der Waals surface area contributed by atoms with E-state index in [1.807, 2.05) is 4.90 Å². The van der Waals surface area contributed by atoms with Crippen molar-refractivity contribution in [3.05, 3.63) is 28.8 Å². The third kappa shape index (κ3) is 2.29. The molecule has 2 heterocycles. The van der Waals surface area contributed by atoms with Crippen LogP contribution >= 0.6 is 0 Å². The number of aryl methyl sites for hydroxylation is 2. The van der Waals surface area contributed by atoms with E-state index in [4.69, 9.17) is 4.99 Å². The van der Waals surface area contributed by atoms with Crippen LogP contribution in [-0.4, -0.2) is 29.6 Å². The van der Waals surface area contributed by atoms with Gasteiger partial charge in [0.2, 0.25) is 0 Å². The molecule has 1 saturated heterocycles. The lowest BCUT2D eigenvalue weighted by molar-refractivity contribution is -0.125. The first kappa shape index (κ1) is 14.3. The topological polar surface area (TPSA) is 32.7 Å². The average molecular weight is 284 g/mol. The van der Waals surface area contributed by atoms with E-state index in [1.54, 1.807) is 0 Å². The van der Waals surface area contributed by atoms with Crippen molar-refractivity contribution in [2.75, 3.05) is 13.1 Å². The number of rotatable bonds is 1. The van der Waals surface area contributed by atoms with Crippen LogP contribution in [0.4, 0.5) is 5.69 Å². The van der Waals surface area contributed by atoms with Gasteiger partial charge in [0.05, 0.1) is 5.69 Å². The zero-order valence-corrected chi connectivity index (χ0v) is 13.5. The maximum atomic E-state index is 12.9. The van der Waals surface area contributed by atoms with Gasteiger partial charge in [-0.2, -0.15) is 0 Å². The summed E-state index contributed by atoms with van der Waals surface area (Å²) in [6, 6.07) is 4.33. The number of amides is 1. The van der Waals surface area contributed by atoms with E-state index in [-0.39, 0.29) is 11.3 Å². The predicted molar refractivity (Wildman–Crippen MR) is 86.5 cm³/mol. The lowest BCUT2D eigenvalue weighted by atomic mass is 9.79. The number of hydrogen-bond acceptors (Lipinski definition) is 2. The molecule has 2 aliphatic heterocycles. The molecule has 0 N–H and O–H groups in total. The molecule has 0 saturated carbocycles. The summed E-state index contributed by atoms with van der Waals surface area (Å²) in [5.74, 6) is 0.132. The molecule has 112 valence electrons. The SMILES string of the molecule is Cc1cc(C)c2c(c1)C(C)(C)C(C(=O)N1CCCCC1)=N2. The van der Waals surface area contributed by atoms with Gasteiger partial charge in [0.1, 0.15) is 5.71 Å². The number of fused-ring (bicyclic) bond motifs is 1. The predicted octanol–water partition coefficient (Wildman–Crippen LogP) is 3.68. The Morgan fingerprint density at radius 3 is 2.48 bits per heavy atom. The van der Waals surface area contributed by atoms with Gasteiger partial charge in [0.15, 0.2) is 0 Å². The van der Waals surface area contributed by atoms with Crippen LogP contribution in [0.3, 0.4) is 0 Å². The van der Waals surface area contributed by atoms with Gasteiger partial charge < -0.3 is 4.90 Å². The molecule has 0 radical (unpaired) electrons. The third-order valence-corrected chi connectivity index (χ3v) is 4.78. The van der Waals surface area contributed by atoms with Crippen molar-refractivity contribution >= 4 is 17.3 Å². The van der Waals surface area contributed by atoms with Gasteiger partial charge in [0.25, 0.3) is 5.91 Å². The summed E-state index contributed by atoms with van der Waals surface area (Å²) >= 11 is 0. The first-order valence-corrected chi connectivity index (χ1v) is 7.91. The fourth-order valence-corrected chi connectivity index (χ4v) is 3.53. The Balaban J connectivity index is 1.99. The average Bonchev–Trinajstić information content (AvgIpc) is 2.71. The molecule has 1 aromatic carbocycles. The Hall–Kier alpha value is -1.64. The van der Waals surface area contributed by atoms with Gasteiger partial charge in [-0.15, -0.1) is 0 Å². The Morgan fingerprint density at radius 2 is 1.81 bits per heavy atom. The number of carbonyl (C=O) groups excluding carboxylic acids is 1. The number of benzene rings is 1. The molecule has 1 aromatic rings. The van der Waals surface area contributed by atoms with Crippen LogP contribution in [0.1, 0.15) is 49.8 Å². The number of carbonyl (C=O) groups is 1. The molecule has 0 aromatic heterocycles. The first-order valence-electron chi connectivity index (χ1n) is 7.91. The highest BCUT2D eigenvalue weighted by Gasteiger charge is 2.41. The van der Waals surface area contributed by atoms with Crippen molar-refractivity contribution in [1.82, 2.24) is 4.90 Å². The highest BCUT2D eigenvalue weighted by molar-refractivity contribution is 6.43. The smallest absolute Gasteiger partial charge is 0.269 e. The molecule has 3 heteroatoms. The van der Waals surface area contributed by atoms with Crippen LogP contribution in [-0.2, 0) is 10.2 Å². The minimum Gasteiger partial charge on any atom is -0.338 e. The first-order chi connectivity index (χ1) is 9.91. The third-order valence-electron chi connectivity index (χ3n) is 4.78. The summed E-state index contributed by atoms with van der Waals surface area (Å²) in [7, 11) is 0. The van der Waals surface area contributed by atoms with Crippen LogP contribution < -0.4 is 0 Å². The van der Waals surface area contributed by atoms with E-state index in [1.165, 1.54) is 23.1 Å². The Bertz CT molecular complexity index is 622. The second-order valence-corrected chi connectivity index (χ2v) is 6.92. The Morgan fingerprint density at radius 1 is 1.14 bits per heavy atom. The standard InChI is InChI=1S/C18H24N2O/c1-12-10-13(2)15-14(11-12)18(3,4)16(19-15)17(21)20-8-6-5-7-9-20/h10-11H,5-9H2,1-4H3.